The Morgan fingerprint density at radius 1 is 1.30 bits per heavy atom. The number of amides is 1. The van der Waals surface area contributed by atoms with Gasteiger partial charge in [0.25, 0.3) is 11.8 Å². The molecule has 0 bridgehead atoms. The molecule has 1 amide bonds. The fraction of sp³-hybridized carbons (Fsp3) is 0.478. The molecule has 3 aliphatic rings. The number of piperidine rings is 1. The van der Waals surface area contributed by atoms with Crippen LogP contribution in [0.4, 0.5) is 8.78 Å². The number of alkyl halides is 2. The summed E-state index contributed by atoms with van der Waals surface area (Å²) in [6.07, 6.45) is 10.5. The first-order valence-electron chi connectivity index (χ1n) is 11.1. The average molecular weight is 456 g/mol. The van der Waals surface area contributed by atoms with Gasteiger partial charge in [0.1, 0.15) is 11.5 Å². The second-order valence-corrected chi connectivity index (χ2v) is 9.17. The van der Waals surface area contributed by atoms with Crippen LogP contribution in [0.25, 0.3) is 0 Å². The van der Waals surface area contributed by atoms with Crippen LogP contribution in [0.5, 0.6) is 0 Å². The highest BCUT2D eigenvalue weighted by Gasteiger charge is 2.71. The van der Waals surface area contributed by atoms with Crippen molar-refractivity contribution < 1.29 is 13.6 Å². The van der Waals surface area contributed by atoms with E-state index >= 15 is 0 Å². The van der Waals surface area contributed by atoms with Crippen molar-refractivity contribution in [3.63, 3.8) is 0 Å². The van der Waals surface area contributed by atoms with E-state index in [1.165, 1.54) is 0 Å². The minimum absolute atomic E-state index is 0.0907. The molecule has 1 saturated carbocycles. The molecule has 2 aliphatic carbocycles. The summed E-state index contributed by atoms with van der Waals surface area (Å²) in [5.41, 5.74) is 3.45. The molecule has 8 nitrogen and oxygen atoms in total. The molecule has 0 radical (unpaired) electrons. The van der Waals surface area contributed by atoms with Gasteiger partial charge in [-0.25, -0.2) is 23.7 Å². The maximum absolute atomic E-state index is 13.4. The highest BCUT2D eigenvalue weighted by molar-refractivity contribution is 5.92. The number of aliphatic imine (C=N–C) groups is 1. The number of nitrogens with zero attached hydrogens (tertiary/aromatic N) is 6. The summed E-state index contributed by atoms with van der Waals surface area (Å²) in [6.45, 7) is 6.71. The zero-order valence-electron chi connectivity index (χ0n) is 18.7. The number of fused-ring (bicyclic) bond motifs is 2. The molecule has 10 heteroatoms. The second kappa shape index (κ2) is 7.93. The van der Waals surface area contributed by atoms with E-state index in [2.05, 4.69) is 27.0 Å². The molecule has 1 aliphatic heterocycles. The van der Waals surface area contributed by atoms with Crippen LogP contribution in [0.3, 0.4) is 0 Å². The van der Waals surface area contributed by atoms with E-state index in [1.54, 1.807) is 24.9 Å². The largest absolute Gasteiger partial charge is 0.356 e. The van der Waals surface area contributed by atoms with E-state index in [1.807, 2.05) is 34.1 Å². The monoisotopic (exact) mass is 455 g/mol. The lowest BCUT2D eigenvalue weighted by Crippen LogP contribution is -2.27. The molecule has 3 heterocycles. The molecule has 0 spiro atoms. The Labute approximate surface area is 190 Å². The lowest BCUT2D eigenvalue weighted by molar-refractivity contribution is 0.0594. The van der Waals surface area contributed by atoms with E-state index in [9.17, 15) is 13.6 Å². The first-order chi connectivity index (χ1) is 15.8. The van der Waals surface area contributed by atoms with Crippen LogP contribution in [0.1, 0.15) is 41.3 Å². The minimum atomic E-state index is -2.52. The summed E-state index contributed by atoms with van der Waals surface area (Å²) in [5.74, 6) is -3.25. The third-order valence-corrected chi connectivity index (χ3v) is 6.90. The molecule has 2 fully saturated rings. The number of allylic oxidation sites excluding steroid dienone is 3. The van der Waals surface area contributed by atoms with E-state index in [-0.39, 0.29) is 11.9 Å². The van der Waals surface area contributed by atoms with Gasteiger partial charge in [0, 0.05) is 38.6 Å². The SMILES string of the molecule is C=N/C(=C\C=C(/C)Cn1cnc(C(=O)N[C@@H]2CCc3c2ncn3C)c1)N1CC2C(C1)C2(F)F. The second-order valence-electron chi connectivity index (χ2n) is 9.17. The number of hydrogen-bond donors (Lipinski definition) is 1. The summed E-state index contributed by atoms with van der Waals surface area (Å²) in [5, 5.41) is 3.03. The minimum Gasteiger partial charge on any atom is -0.356 e. The summed E-state index contributed by atoms with van der Waals surface area (Å²) in [7, 11) is 1.96. The van der Waals surface area contributed by atoms with E-state index in [0.29, 0.717) is 31.1 Å². The van der Waals surface area contributed by atoms with Crippen molar-refractivity contribution >= 4 is 12.6 Å². The molecular formula is C23H27F2N7O. The predicted octanol–water partition coefficient (Wildman–Crippen LogP) is 2.72. The van der Waals surface area contributed by atoms with Crippen LogP contribution in [0, 0.1) is 11.8 Å². The lowest BCUT2D eigenvalue weighted by Gasteiger charge is -2.21. The number of aromatic nitrogens is 4. The number of aryl methyl sites for hydroxylation is 1. The maximum atomic E-state index is 13.4. The number of hydrogen-bond acceptors (Lipinski definition) is 5. The average Bonchev–Trinajstić information content (AvgIpc) is 3.41. The molecule has 3 atom stereocenters. The van der Waals surface area contributed by atoms with Crippen molar-refractivity contribution in [2.75, 3.05) is 13.1 Å². The van der Waals surface area contributed by atoms with Crippen LogP contribution >= 0.6 is 0 Å². The molecule has 174 valence electrons. The predicted molar refractivity (Wildman–Crippen MR) is 119 cm³/mol. The quantitative estimate of drug-likeness (QED) is 0.514. The zero-order chi connectivity index (χ0) is 23.3. The van der Waals surface area contributed by atoms with Gasteiger partial charge in [0.15, 0.2) is 0 Å². The summed E-state index contributed by atoms with van der Waals surface area (Å²) >= 11 is 0. The van der Waals surface area contributed by atoms with Crippen molar-refractivity contribution in [1.82, 2.24) is 29.3 Å². The Kier molecular flexibility index (Phi) is 5.18. The molecule has 2 unspecified atom stereocenters. The molecule has 5 rings (SSSR count). The van der Waals surface area contributed by atoms with Gasteiger partial charge in [-0.15, -0.1) is 0 Å². The lowest BCUT2D eigenvalue weighted by atomic mass is 10.2. The maximum Gasteiger partial charge on any atom is 0.272 e. The number of nitrogens with one attached hydrogen (secondary N) is 1. The Balaban J connectivity index is 1.18. The van der Waals surface area contributed by atoms with Gasteiger partial charge >= 0.3 is 0 Å². The van der Waals surface area contributed by atoms with Crippen LogP contribution in [-0.2, 0) is 20.0 Å². The van der Waals surface area contributed by atoms with E-state index in [4.69, 9.17) is 0 Å². The summed E-state index contributed by atoms with van der Waals surface area (Å²) in [6, 6.07) is -0.0907. The Hall–Kier alpha value is -3.30. The molecule has 1 saturated heterocycles. The number of carbonyl (C=O) groups is 1. The van der Waals surface area contributed by atoms with Gasteiger partial charge in [-0.05, 0) is 32.6 Å². The molecule has 33 heavy (non-hydrogen) atoms. The van der Waals surface area contributed by atoms with Crippen molar-refractivity contribution in [2.24, 2.45) is 23.9 Å². The van der Waals surface area contributed by atoms with Gasteiger partial charge in [-0.2, -0.15) is 0 Å². The van der Waals surface area contributed by atoms with Crippen molar-refractivity contribution in [2.45, 2.75) is 38.3 Å². The Bertz CT molecular complexity index is 1150. The standard InChI is InChI=1S/C23H27F2N7O/c1-14(4-7-20(26-2)32-9-15-16(10-32)23(15,24)25)8-31-11-18(27-13-31)22(33)29-17-5-6-19-21(17)28-12-30(19)3/h4,7,11-13,15-17H,2,5-6,8-10H2,1,3H3,(H,29,33)/b14-4+,20-7+/t15?,16?,17-/m1/s1. The molecule has 0 aromatic carbocycles. The fourth-order valence-corrected chi connectivity index (χ4v) is 4.93. The topological polar surface area (TPSA) is 80.3 Å². The van der Waals surface area contributed by atoms with Crippen LogP contribution in [0.2, 0.25) is 0 Å². The third-order valence-electron chi connectivity index (χ3n) is 6.90. The number of likely N-dealkylation sites (tertiary alicyclic amines) is 1. The highest BCUT2D eigenvalue weighted by atomic mass is 19.3. The van der Waals surface area contributed by atoms with Crippen LogP contribution in [-0.4, -0.2) is 55.6 Å². The van der Waals surface area contributed by atoms with Crippen molar-refractivity contribution in [1.29, 1.82) is 0 Å². The number of carbonyl (C=O) groups excluding carboxylic acids is 1. The molecule has 2 aromatic heterocycles. The van der Waals surface area contributed by atoms with Gasteiger partial charge in [-0.1, -0.05) is 11.6 Å². The summed E-state index contributed by atoms with van der Waals surface area (Å²) in [4.78, 5) is 27.2. The van der Waals surface area contributed by atoms with E-state index < -0.39 is 17.8 Å². The van der Waals surface area contributed by atoms with Gasteiger partial charge in [0.2, 0.25) is 0 Å². The van der Waals surface area contributed by atoms with Gasteiger partial charge in [0.05, 0.1) is 36.2 Å². The highest BCUT2D eigenvalue weighted by Crippen LogP contribution is 2.59. The van der Waals surface area contributed by atoms with Gasteiger partial charge in [-0.3, -0.25) is 4.79 Å². The first-order valence-corrected chi connectivity index (χ1v) is 11.1. The number of imidazole rings is 2. The zero-order valence-corrected chi connectivity index (χ0v) is 18.7. The molecule has 2 aromatic rings. The van der Waals surface area contributed by atoms with Crippen molar-refractivity contribution in [3.8, 4) is 0 Å². The molecular weight excluding hydrogens is 428 g/mol. The third kappa shape index (κ3) is 3.87. The smallest absolute Gasteiger partial charge is 0.272 e. The van der Waals surface area contributed by atoms with Crippen molar-refractivity contribution in [3.05, 3.63) is 59.5 Å². The fourth-order valence-electron chi connectivity index (χ4n) is 4.93. The summed E-state index contributed by atoms with van der Waals surface area (Å²) < 4.78 is 30.7. The normalized spacial score (nSPS) is 25.7. The number of halogens is 2. The first kappa shape index (κ1) is 21.5. The Morgan fingerprint density at radius 3 is 2.79 bits per heavy atom. The van der Waals surface area contributed by atoms with Crippen LogP contribution in [0.15, 0.2) is 47.4 Å². The Morgan fingerprint density at radius 2 is 2.06 bits per heavy atom. The van der Waals surface area contributed by atoms with Gasteiger partial charge < -0.3 is 19.4 Å². The van der Waals surface area contributed by atoms with E-state index in [0.717, 1.165) is 29.8 Å². The van der Waals surface area contributed by atoms with Crippen LogP contribution < -0.4 is 5.32 Å². The number of rotatable bonds is 7. The molecule has 1 N–H and O–H groups in total.